The molecule has 1 aliphatic rings. The summed E-state index contributed by atoms with van der Waals surface area (Å²) in [6.45, 7) is 0. The maximum Gasteiger partial charge on any atom is 0.247 e. The zero-order chi connectivity index (χ0) is 15.0. The summed E-state index contributed by atoms with van der Waals surface area (Å²) >= 11 is 6.14. The number of carbonyl (C=O) groups excluding carboxylic acids is 1. The monoisotopic (exact) mass is 304 g/mol. The standard InChI is InChI=1S/C16H14ClFN2O/c17-12-5-1-2-7-14(12)20-16(15(19)21)9-8-10-11(16)4-3-6-13(10)18/h1-7,20H,8-9H2,(H2,19,21). The third kappa shape index (κ3) is 2.16. The van der Waals surface area contributed by atoms with Crippen LogP contribution in [0.2, 0.25) is 5.02 Å². The molecule has 3 rings (SSSR count). The summed E-state index contributed by atoms with van der Waals surface area (Å²) in [5.74, 6) is -0.844. The molecule has 108 valence electrons. The van der Waals surface area contributed by atoms with E-state index in [2.05, 4.69) is 5.32 Å². The van der Waals surface area contributed by atoms with Gasteiger partial charge in [-0.2, -0.15) is 0 Å². The average molecular weight is 305 g/mol. The van der Waals surface area contributed by atoms with Crippen LogP contribution in [-0.2, 0) is 16.8 Å². The second-order valence-electron chi connectivity index (χ2n) is 5.14. The number of primary amides is 1. The van der Waals surface area contributed by atoms with Crippen molar-refractivity contribution in [1.82, 2.24) is 0 Å². The molecule has 5 heteroatoms. The van der Waals surface area contributed by atoms with Gasteiger partial charge in [-0.3, -0.25) is 4.79 Å². The Bertz CT molecular complexity index is 719. The van der Waals surface area contributed by atoms with Crippen molar-refractivity contribution in [3.63, 3.8) is 0 Å². The van der Waals surface area contributed by atoms with Gasteiger partial charge in [-0.1, -0.05) is 35.9 Å². The normalized spacial score (nSPS) is 20.1. The van der Waals surface area contributed by atoms with E-state index in [1.54, 1.807) is 30.3 Å². The van der Waals surface area contributed by atoms with E-state index in [0.29, 0.717) is 34.7 Å². The summed E-state index contributed by atoms with van der Waals surface area (Å²) in [6.07, 6.45) is 0.867. The Hall–Kier alpha value is -2.07. The number of hydrogen-bond donors (Lipinski definition) is 2. The molecule has 0 heterocycles. The van der Waals surface area contributed by atoms with Gasteiger partial charge in [0.1, 0.15) is 11.4 Å². The van der Waals surface area contributed by atoms with Crippen LogP contribution in [0.1, 0.15) is 17.5 Å². The van der Waals surface area contributed by atoms with Crippen molar-refractivity contribution in [2.45, 2.75) is 18.4 Å². The van der Waals surface area contributed by atoms with Gasteiger partial charge in [0.2, 0.25) is 5.91 Å². The van der Waals surface area contributed by atoms with Gasteiger partial charge >= 0.3 is 0 Å². The zero-order valence-electron chi connectivity index (χ0n) is 11.2. The molecule has 3 N–H and O–H groups in total. The summed E-state index contributed by atoms with van der Waals surface area (Å²) in [7, 11) is 0. The van der Waals surface area contributed by atoms with Crippen LogP contribution in [0.5, 0.6) is 0 Å². The summed E-state index contributed by atoms with van der Waals surface area (Å²) in [5.41, 5.74) is 6.24. The van der Waals surface area contributed by atoms with Crippen LogP contribution in [0.3, 0.4) is 0 Å². The molecule has 0 radical (unpaired) electrons. The Morgan fingerprint density at radius 1 is 1.24 bits per heavy atom. The Labute approximate surface area is 126 Å². The number of para-hydroxylation sites is 1. The molecule has 0 bridgehead atoms. The van der Waals surface area contributed by atoms with Crippen molar-refractivity contribution >= 4 is 23.2 Å². The lowest BCUT2D eigenvalue weighted by molar-refractivity contribution is -0.122. The van der Waals surface area contributed by atoms with Gasteiger partial charge in [0.15, 0.2) is 0 Å². The van der Waals surface area contributed by atoms with Gasteiger partial charge in [-0.05, 0) is 42.2 Å². The maximum absolute atomic E-state index is 13.9. The minimum atomic E-state index is -1.12. The summed E-state index contributed by atoms with van der Waals surface area (Å²) in [6, 6.07) is 11.8. The number of hydrogen-bond acceptors (Lipinski definition) is 2. The highest BCUT2D eigenvalue weighted by atomic mass is 35.5. The molecule has 2 aromatic rings. The van der Waals surface area contributed by atoms with E-state index < -0.39 is 11.4 Å². The molecule has 2 aromatic carbocycles. The molecule has 1 atom stereocenters. The molecule has 0 saturated carbocycles. The Morgan fingerprint density at radius 2 is 2.00 bits per heavy atom. The number of anilines is 1. The van der Waals surface area contributed by atoms with Crippen LogP contribution in [0, 0.1) is 5.82 Å². The Morgan fingerprint density at radius 3 is 2.71 bits per heavy atom. The van der Waals surface area contributed by atoms with Crippen molar-refractivity contribution in [2.75, 3.05) is 5.32 Å². The number of fused-ring (bicyclic) bond motifs is 1. The van der Waals surface area contributed by atoms with Crippen LogP contribution >= 0.6 is 11.6 Å². The van der Waals surface area contributed by atoms with Gasteiger partial charge in [0.25, 0.3) is 0 Å². The predicted octanol–water partition coefficient (Wildman–Crippen LogP) is 3.22. The highest BCUT2D eigenvalue weighted by molar-refractivity contribution is 6.33. The maximum atomic E-state index is 13.9. The van der Waals surface area contributed by atoms with E-state index in [1.165, 1.54) is 6.07 Å². The van der Waals surface area contributed by atoms with E-state index in [1.807, 2.05) is 6.07 Å². The predicted molar refractivity (Wildman–Crippen MR) is 80.7 cm³/mol. The van der Waals surface area contributed by atoms with E-state index >= 15 is 0 Å². The molecule has 0 saturated heterocycles. The number of carbonyl (C=O) groups is 1. The van der Waals surface area contributed by atoms with E-state index in [0.717, 1.165) is 0 Å². The zero-order valence-corrected chi connectivity index (χ0v) is 12.0. The first-order valence-corrected chi connectivity index (χ1v) is 7.03. The number of nitrogens with two attached hydrogens (primary N) is 1. The third-order valence-electron chi connectivity index (χ3n) is 3.97. The van der Waals surface area contributed by atoms with E-state index in [4.69, 9.17) is 17.3 Å². The second-order valence-corrected chi connectivity index (χ2v) is 5.55. The molecule has 0 fully saturated rings. The lowest BCUT2D eigenvalue weighted by atomic mass is 9.90. The Balaban J connectivity index is 2.11. The van der Waals surface area contributed by atoms with Crippen molar-refractivity contribution in [3.05, 3.63) is 64.4 Å². The summed E-state index contributed by atoms with van der Waals surface area (Å²) in [4.78, 5) is 12.1. The molecule has 21 heavy (non-hydrogen) atoms. The lowest BCUT2D eigenvalue weighted by Crippen LogP contribution is -2.46. The largest absolute Gasteiger partial charge is 0.367 e. The molecule has 1 unspecified atom stereocenters. The number of nitrogens with one attached hydrogen (secondary N) is 1. The number of rotatable bonds is 3. The third-order valence-corrected chi connectivity index (χ3v) is 4.30. The van der Waals surface area contributed by atoms with Crippen LogP contribution in [0.25, 0.3) is 0 Å². The first kappa shape index (κ1) is 13.9. The van der Waals surface area contributed by atoms with Gasteiger partial charge in [0, 0.05) is 0 Å². The van der Waals surface area contributed by atoms with Gasteiger partial charge < -0.3 is 11.1 Å². The average Bonchev–Trinajstić information content (AvgIpc) is 2.83. The highest BCUT2D eigenvalue weighted by Crippen LogP contribution is 2.41. The van der Waals surface area contributed by atoms with Crippen molar-refractivity contribution in [1.29, 1.82) is 0 Å². The fourth-order valence-electron chi connectivity index (χ4n) is 2.90. The lowest BCUT2D eigenvalue weighted by Gasteiger charge is -2.30. The topological polar surface area (TPSA) is 55.1 Å². The molecule has 1 amide bonds. The summed E-state index contributed by atoms with van der Waals surface area (Å²) in [5, 5.41) is 3.62. The van der Waals surface area contributed by atoms with Crippen molar-refractivity contribution < 1.29 is 9.18 Å². The van der Waals surface area contributed by atoms with Gasteiger partial charge in [-0.25, -0.2) is 4.39 Å². The first-order valence-electron chi connectivity index (χ1n) is 6.65. The van der Waals surface area contributed by atoms with Crippen LogP contribution in [0.15, 0.2) is 42.5 Å². The smallest absolute Gasteiger partial charge is 0.247 e. The van der Waals surface area contributed by atoms with Crippen LogP contribution in [-0.4, -0.2) is 5.91 Å². The van der Waals surface area contributed by atoms with Gasteiger partial charge in [0.05, 0.1) is 10.7 Å². The minimum absolute atomic E-state index is 0.309. The molecule has 1 aliphatic carbocycles. The van der Waals surface area contributed by atoms with Gasteiger partial charge in [-0.15, -0.1) is 0 Å². The Kier molecular flexibility index (Phi) is 3.33. The number of halogens is 2. The van der Waals surface area contributed by atoms with E-state index in [9.17, 15) is 9.18 Å². The van der Waals surface area contributed by atoms with Crippen LogP contribution in [0.4, 0.5) is 10.1 Å². The SMILES string of the molecule is NC(=O)C1(Nc2ccccc2Cl)CCc2c(F)cccc21. The second kappa shape index (κ2) is 5.04. The van der Waals surface area contributed by atoms with Crippen LogP contribution < -0.4 is 11.1 Å². The quantitative estimate of drug-likeness (QED) is 0.915. The molecular weight excluding hydrogens is 291 g/mol. The highest BCUT2D eigenvalue weighted by Gasteiger charge is 2.45. The molecule has 0 aromatic heterocycles. The molecular formula is C16H14ClFN2O. The summed E-state index contributed by atoms with van der Waals surface area (Å²) < 4.78 is 13.9. The first-order chi connectivity index (χ1) is 10.0. The molecule has 3 nitrogen and oxygen atoms in total. The molecule has 0 spiro atoms. The molecule has 0 aliphatic heterocycles. The number of benzene rings is 2. The minimum Gasteiger partial charge on any atom is -0.367 e. The fraction of sp³-hybridized carbons (Fsp3) is 0.188. The fourth-order valence-corrected chi connectivity index (χ4v) is 3.08. The van der Waals surface area contributed by atoms with Crippen molar-refractivity contribution in [2.24, 2.45) is 5.73 Å². The van der Waals surface area contributed by atoms with Crippen molar-refractivity contribution in [3.8, 4) is 0 Å². The van der Waals surface area contributed by atoms with E-state index in [-0.39, 0.29) is 5.82 Å². The number of amides is 1.